The van der Waals surface area contributed by atoms with E-state index in [1.54, 1.807) is 28.2 Å². The Labute approximate surface area is 161 Å². The fourth-order valence-corrected chi connectivity index (χ4v) is 2.21. The number of amides is 1. The number of hydrogen-bond acceptors (Lipinski definition) is 5. The Bertz CT molecular complexity index is 568. The summed E-state index contributed by atoms with van der Waals surface area (Å²) in [6, 6.07) is 0. The van der Waals surface area contributed by atoms with Crippen LogP contribution < -0.4 is 5.32 Å². The first-order valence-corrected chi connectivity index (χ1v) is 9.62. The molecule has 0 rings (SSSR count). The van der Waals surface area contributed by atoms with Gasteiger partial charge in [-0.25, -0.2) is 12.8 Å². The number of rotatable bonds is 10. The van der Waals surface area contributed by atoms with Crippen LogP contribution in [0.4, 0.5) is 26.3 Å². The predicted molar refractivity (Wildman–Crippen MR) is 89.3 cm³/mol. The second-order valence-corrected chi connectivity index (χ2v) is 8.40. The number of nitrogens with zero attached hydrogens (tertiary/aromatic N) is 2. The van der Waals surface area contributed by atoms with Crippen LogP contribution in [0.15, 0.2) is 0 Å². The largest absolute Gasteiger partial charge is 0.748 e. The van der Waals surface area contributed by atoms with E-state index in [1.807, 2.05) is 0 Å². The van der Waals surface area contributed by atoms with Gasteiger partial charge in [0, 0.05) is 25.1 Å². The first kappa shape index (κ1) is 29.1. The zero-order chi connectivity index (χ0) is 22.8. The van der Waals surface area contributed by atoms with E-state index >= 15 is 0 Å². The van der Waals surface area contributed by atoms with Gasteiger partial charge >= 0.3 is 12.1 Å². The summed E-state index contributed by atoms with van der Waals surface area (Å²) in [7, 11) is 2.38. The molecule has 0 aliphatic rings. The topological polar surface area (TPSA) is 89.5 Å². The Balaban J connectivity index is 0. The second-order valence-electron chi connectivity index (χ2n) is 6.88. The van der Waals surface area contributed by atoms with Crippen LogP contribution in [0.2, 0.25) is 0 Å². The summed E-state index contributed by atoms with van der Waals surface area (Å²) in [4.78, 5) is 12.3. The summed E-state index contributed by atoms with van der Waals surface area (Å²) < 4.78 is 104. The van der Waals surface area contributed by atoms with Crippen LogP contribution in [-0.4, -0.2) is 101 Å². The summed E-state index contributed by atoms with van der Waals surface area (Å²) in [5, 5.41) is 1.52. The smallest absolute Gasteiger partial charge is 0.463 e. The Morgan fingerprint density at radius 2 is 1.50 bits per heavy atom. The molecular weight excluding hydrogens is 420 g/mol. The molecule has 0 aromatic carbocycles. The lowest BCUT2D eigenvalue weighted by atomic mass is 10.2. The summed E-state index contributed by atoms with van der Waals surface area (Å²) in [6.45, 7) is -0.156. The number of hydrogen-bond donors (Lipinski definition) is 1. The summed E-state index contributed by atoms with van der Waals surface area (Å²) >= 11 is 0. The van der Waals surface area contributed by atoms with Crippen LogP contribution in [0, 0.1) is 0 Å². The third-order valence-electron chi connectivity index (χ3n) is 3.26. The van der Waals surface area contributed by atoms with Crippen molar-refractivity contribution >= 4 is 16.0 Å². The molecule has 0 spiro atoms. The molecule has 0 fully saturated rings. The minimum atomic E-state index is -5.95. The van der Waals surface area contributed by atoms with Crippen LogP contribution >= 0.6 is 0 Å². The highest BCUT2D eigenvalue weighted by Crippen LogP contribution is 2.35. The van der Waals surface area contributed by atoms with Crippen LogP contribution in [0.3, 0.4) is 0 Å². The molecule has 1 N–H and O–H groups in total. The first-order chi connectivity index (χ1) is 12.4. The van der Waals surface area contributed by atoms with Gasteiger partial charge in [0.05, 0.1) is 37.3 Å². The van der Waals surface area contributed by atoms with E-state index in [9.17, 15) is 44.1 Å². The van der Waals surface area contributed by atoms with Crippen LogP contribution in [-0.2, 0) is 14.9 Å². The average Bonchev–Trinajstić information content (AvgIpc) is 2.49. The molecule has 170 valence electrons. The van der Waals surface area contributed by atoms with Crippen molar-refractivity contribution in [2.24, 2.45) is 0 Å². The van der Waals surface area contributed by atoms with Crippen molar-refractivity contribution in [1.82, 2.24) is 10.2 Å². The van der Waals surface area contributed by atoms with E-state index in [0.717, 1.165) is 0 Å². The van der Waals surface area contributed by atoms with Crippen LogP contribution in [0.25, 0.3) is 0 Å². The van der Waals surface area contributed by atoms with Gasteiger partial charge in [-0.2, -0.15) is 22.0 Å². The van der Waals surface area contributed by atoms with Crippen molar-refractivity contribution in [3.05, 3.63) is 0 Å². The summed E-state index contributed by atoms with van der Waals surface area (Å²) in [6.07, 6.45) is -5.75. The molecule has 0 radical (unpaired) electrons. The van der Waals surface area contributed by atoms with E-state index in [0.29, 0.717) is 6.54 Å². The molecule has 1 amide bonds. The fraction of sp³-hybridized carbons (Fsp3) is 0.929. The molecule has 0 aromatic rings. The summed E-state index contributed by atoms with van der Waals surface area (Å²) in [5.41, 5.74) is 0. The monoisotopic (exact) mass is 447 g/mol. The van der Waals surface area contributed by atoms with Crippen LogP contribution in [0.5, 0.6) is 0 Å². The number of alkyl halides is 6. The number of halogens is 6. The zero-order valence-corrected chi connectivity index (χ0v) is 17.0. The lowest BCUT2D eigenvalue weighted by molar-refractivity contribution is -0.890. The lowest BCUT2D eigenvalue weighted by Gasteiger charge is -2.30. The maximum atomic E-state index is 12.6. The van der Waals surface area contributed by atoms with E-state index in [4.69, 9.17) is 0 Å². The molecule has 0 aliphatic heterocycles. The molecule has 0 heterocycles. The predicted octanol–water partition coefficient (Wildman–Crippen LogP) is 1.18. The number of carbonyl (C=O) groups excluding carboxylic acids is 1. The standard InChI is InChI=1S/C11H19F5N2O4S.C3H8FN/c1-18(2,7-4-8-23(20,21)22)6-3-5-17-9(19)10(12,13)11(14,15)16;1-5(2)3-4/h3-8H2,1-2H3,(H-,17,19,20,21,22);3H2,1-2H3. The molecule has 14 heteroatoms. The minimum absolute atomic E-state index is 0.0946. The van der Waals surface area contributed by atoms with Gasteiger partial charge in [-0.05, 0) is 14.1 Å². The van der Waals surface area contributed by atoms with Gasteiger partial charge in [0.15, 0.2) is 0 Å². The van der Waals surface area contributed by atoms with Gasteiger partial charge in [-0.3, -0.25) is 9.69 Å². The fourth-order valence-electron chi connectivity index (χ4n) is 1.73. The lowest BCUT2D eigenvalue weighted by Crippen LogP contribution is -2.51. The van der Waals surface area contributed by atoms with Gasteiger partial charge in [0.2, 0.25) is 0 Å². The first-order valence-electron chi connectivity index (χ1n) is 8.05. The Morgan fingerprint density at radius 1 is 1.07 bits per heavy atom. The van der Waals surface area contributed by atoms with E-state index < -0.39 is 33.9 Å². The third kappa shape index (κ3) is 14.0. The van der Waals surface area contributed by atoms with Gasteiger partial charge < -0.3 is 14.4 Å². The van der Waals surface area contributed by atoms with E-state index in [1.165, 1.54) is 10.2 Å². The van der Waals surface area contributed by atoms with E-state index in [-0.39, 0.29) is 37.2 Å². The summed E-state index contributed by atoms with van der Waals surface area (Å²) in [5.74, 6) is -8.39. The number of carbonyl (C=O) groups is 1. The molecule has 0 saturated carbocycles. The Morgan fingerprint density at radius 3 is 1.86 bits per heavy atom. The van der Waals surface area contributed by atoms with Gasteiger partial charge in [-0.15, -0.1) is 0 Å². The highest BCUT2D eigenvalue weighted by Gasteiger charge is 2.63. The number of nitrogens with one attached hydrogen (secondary N) is 1. The molecule has 7 nitrogen and oxygen atoms in total. The van der Waals surface area contributed by atoms with Gasteiger partial charge in [0.1, 0.15) is 6.80 Å². The highest BCUT2D eigenvalue weighted by molar-refractivity contribution is 7.85. The molecule has 0 bridgehead atoms. The second kappa shape index (κ2) is 11.8. The molecule has 0 aromatic heterocycles. The SMILES string of the molecule is CN(C)CF.C[N+](C)(CCCNC(=O)C(F)(F)C(F)(F)F)CCCS(=O)(=O)[O-]. The van der Waals surface area contributed by atoms with Crippen molar-refractivity contribution in [3.8, 4) is 0 Å². The van der Waals surface area contributed by atoms with Gasteiger partial charge in [0.25, 0.3) is 5.91 Å². The molecule has 0 atom stereocenters. The maximum absolute atomic E-state index is 12.6. The third-order valence-corrected chi connectivity index (χ3v) is 4.05. The maximum Gasteiger partial charge on any atom is 0.463 e. The molecule has 0 saturated heterocycles. The van der Waals surface area contributed by atoms with Crippen molar-refractivity contribution in [2.45, 2.75) is 24.9 Å². The molecule has 0 aliphatic carbocycles. The Hall–Kier alpha value is -1.12. The zero-order valence-electron chi connectivity index (χ0n) is 16.2. The highest BCUT2D eigenvalue weighted by atomic mass is 32.2. The Kier molecular flexibility index (Phi) is 12.2. The van der Waals surface area contributed by atoms with Crippen molar-refractivity contribution in [1.29, 1.82) is 0 Å². The minimum Gasteiger partial charge on any atom is -0.748 e. The van der Waals surface area contributed by atoms with Crippen molar-refractivity contribution in [2.75, 3.05) is 60.4 Å². The van der Waals surface area contributed by atoms with Crippen LogP contribution in [0.1, 0.15) is 12.8 Å². The molecule has 0 unspecified atom stereocenters. The normalized spacial score (nSPS) is 13.1. The van der Waals surface area contributed by atoms with Crippen molar-refractivity contribution < 1.29 is 48.6 Å². The average molecular weight is 447 g/mol. The number of quaternary nitrogens is 1. The van der Waals surface area contributed by atoms with Gasteiger partial charge in [-0.1, -0.05) is 0 Å². The van der Waals surface area contributed by atoms with Crippen molar-refractivity contribution in [3.63, 3.8) is 0 Å². The quantitative estimate of drug-likeness (QED) is 0.179. The van der Waals surface area contributed by atoms with E-state index in [2.05, 4.69) is 0 Å². The molecular formula is C14H27F6N3O4S. The molecule has 28 heavy (non-hydrogen) atoms.